The molecule has 0 bridgehead atoms. The normalized spacial score (nSPS) is 30.8. The molecular weight excluding hydrogens is 248 g/mol. The summed E-state index contributed by atoms with van der Waals surface area (Å²) in [5, 5.41) is 12.8. The third-order valence-corrected chi connectivity index (χ3v) is 4.99. The number of amides is 1. The van der Waals surface area contributed by atoms with Crippen molar-refractivity contribution in [1.82, 2.24) is 9.88 Å². The molecule has 1 aliphatic carbocycles. The first-order valence-corrected chi connectivity index (χ1v) is 7.38. The monoisotopic (exact) mass is 266 g/mol. The minimum Gasteiger partial charge on any atom is -0.393 e. The summed E-state index contributed by atoms with van der Waals surface area (Å²) in [7, 11) is 0. The molecule has 2 fully saturated rings. The fourth-order valence-corrected chi connectivity index (χ4v) is 3.81. The van der Waals surface area contributed by atoms with Crippen molar-refractivity contribution >= 4 is 17.2 Å². The van der Waals surface area contributed by atoms with Crippen molar-refractivity contribution in [3.05, 3.63) is 16.1 Å². The highest BCUT2D eigenvalue weighted by Crippen LogP contribution is 2.38. The molecule has 1 N–H and O–H groups in total. The lowest BCUT2D eigenvalue weighted by Gasteiger charge is -2.17. The Kier molecular flexibility index (Phi) is 3.11. The number of hydrogen-bond acceptors (Lipinski definition) is 4. The van der Waals surface area contributed by atoms with Gasteiger partial charge in [0, 0.05) is 24.4 Å². The quantitative estimate of drug-likeness (QED) is 0.876. The molecule has 3 rings (SSSR count). The topological polar surface area (TPSA) is 53.4 Å². The van der Waals surface area contributed by atoms with Gasteiger partial charge in [0.15, 0.2) is 0 Å². The second-order valence-electron chi connectivity index (χ2n) is 5.40. The van der Waals surface area contributed by atoms with Crippen molar-refractivity contribution in [2.24, 2.45) is 11.8 Å². The van der Waals surface area contributed by atoms with E-state index >= 15 is 0 Å². The first-order valence-electron chi connectivity index (χ1n) is 6.50. The van der Waals surface area contributed by atoms with Gasteiger partial charge in [-0.2, -0.15) is 0 Å². The largest absolute Gasteiger partial charge is 0.393 e. The maximum Gasteiger partial charge on any atom is 0.228 e. The fraction of sp³-hybridized carbons (Fsp3) is 0.692. The van der Waals surface area contributed by atoms with Gasteiger partial charge in [-0.25, -0.2) is 4.98 Å². The number of carbonyl (C=O) groups is 1. The molecule has 0 radical (unpaired) electrons. The summed E-state index contributed by atoms with van der Waals surface area (Å²) >= 11 is 1.58. The number of aromatic nitrogens is 1. The number of nitrogens with zero attached hydrogens (tertiary/aromatic N) is 2. The Labute approximate surface area is 111 Å². The Hall–Kier alpha value is -0.940. The van der Waals surface area contributed by atoms with E-state index in [1.807, 2.05) is 17.2 Å². The van der Waals surface area contributed by atoms with Gasteiger partial charge < -0.3 is 10.0 Å². The highest BCUT2D eigenvalue weighted by molar-refractivity contribution is 7.09. The third kappa shape index (κ3) is 2.17. The number of carbonyl (C=O) groups excluding carboxylic acids is 1. The molecule has 1 saturated heterocycles. The Bertz CT molecular complexity index is 460. The van der Waals surface area contributed by atoms with Crippen LogP contribution in [0.5, 0.6) is 0 Å². The van der Waals surface area contributed by atoms with Crippen molar-refractivity contribution in [3.63, 3.8) is 0 Å². The number of fused-ring (bicyclic) bond motifs is 1. The Morgan fingerprint density at radius 1 is 1.56 bits per heavy atom. The molecule has 1 aromatic heterocycles. The first-order chi connectivity index (χ1) is 8.63. The molecule has 1 aromatic rings. The lowest BCUT2D eigenvalue weighted by molar-refractivity contribution is -0.129. The second-order valence-corrected chi connectivity index (χ2v) is 6.46. The van der Waals surface area contributed by atoms with Crippen LogP contribution in [0.15, 0.2) is 5.38 Å². The summed E-state index contributed by atoms with van der Waals surface area (Å²) in [5.41, 5.74) is 0.875. The molecule has 3 unspecified atom stereocenters. The second kappa shape index (κ2) is 4.63. The fourth-order valence-electron chi connectivity index (χ4n) is 3.20. The van der Waals surface area contributed by atoms with E-state index in [0.717, 1.165) is 36.6 Å². The standard InChI is InChI=1S/C13H18N2O2S/c1-8-14-10(7-18-8)4-13(17)15-5-9-2-3-12(16)11(9)6-15/h7,9,11-12,16H,2-6H2,1H3. The highest BCUT2D eigenvalue weighted by Gasteiger charge is 2.43. The zero-order valence-corrected chi connectivity index (χ0v) is 11.3. The molecule has 2 heterocycles. The molecule has 98 valence electrons. The molecule has 4 nitrogen and oxygen atoms in total. The summed E-state index contributed by atoms with van der Waals surface area (Å²) in [6.07, 6.45) is 2.17. The van der Waals surface area contributed by atoms with E-state index in [-0.39, 0.29) is 12.0 Å². The molecule has 1 amide bonds. The number of aliphatic hydroxyl groups is 1. The molecule has 0 aromatic carbocycles. The van der Waals surface area contributed by atoms with Crippen molar-refractivity contribution < 1.29 is 9.90 Å². The van der Waals surface area contributed by atoms with Gasteiger partial charge in [0.25, 0.3) is 0 Å². The first kappa shape index (κ1) is 12.1. The Balaban J connectivity index is 1.61. The van der Waals surface area contributed by atoms with Crippen LogP contribution in [0.3, 0.4) is 0 Å². The van der Waals surface area contributed by atoms with Crippen molar-refractivity contribution in [2.75, 3.05) is 13.1 Å². The molecule has 5 heteroatoms. The summed E-state index contributed by atoms with van der Waals surface area (Å²) in [4.78, 5) is 18.4. The van der Waals surface area contributed by atoms with Gasteiger partial charge in [0.2, 0.25) is 5.91 Å². The summed E-state index contributed by atoms with van der Waals surface area (Å²) < 4.78 is 0. The van der Waals surface area contributed by atoms with Crippen LogP contribution in [0.2, 0.25) is 0 Å². The minimum absolute atomic E-state index is 0.155. The van der Waals surface area contributed by atoms with E-state index in [1.54, 1.807) is 11.3 Å². The van der Waals surface area contributed by atoms with Crippen LogP contribution in [0.25, 0.3) is 0 Å². The van der Waals surface area contributed by atoms with E-state index in [2.05, 4.69) is 4.98 Å². The zero-order chi connectivity index (χ0) is 12.7. The molecule has 3 atom stereocenters. The molecule has 18 heavy (non-hydrogen) atoms. The van der Waals surface area contributed by atoms with Crippen molar-refractivity contribution in [1.29, 1.82) is 0 Å². The van der Waals surface area contributed by atoms with E-state index in [0.29, 0.717) is 18.3 Å². The van der Waals surface area contributed by atoms with Gasteiger partial charge in [-0.05, 0) is 25.7 Å². The van der Waals surface area contributed by atoms with Crippen LogP contribution in [0.4, 0.5) is 0 Å². The molecular formula is C13H18N2O2S. The number of rotatable bonds is 2. The Morgan fingerprint density at radius 2 is 2.39 bits per heavy atom. The van der Waals surface area contributed by atoms with Gasteiger partial charge in [0.1, 0.15) is 0 Å². The highest BCUT2D eigenvalue weighted by atomic mass is 32.1. The molecule has 1 aliphatic heterocycles. The lowest BCUT2D eigenvalue weighted by atomic mass is 10.00. The van der Waals surface area contributed by atoms with E-state index in [1.165, 1.54) is 0 Å². The van der Waals surface area contributed by atoms with Crippen LogP contribution in [0.1, 0.15) is 23.5 Å². The maximum absolute atomic E-state index is 12.2. The smallest absolute Gasteiger partial charge is 0.228 e. The number of hydrogen-bond donors (Lipinski definition) is 1. The van der Waals surface area contributed by atoms with Crippen LogP contribution in [-0.4, -0.2) is 40.1 Å². The molecule has 0 spiro atoms. The van der Waals surface area contributed by atoms with Gasteiger partial charge in [-0.3, -0.25) is 4.79 Å². The third-order valence-electron chi connectivity index (χ3n) is 4.17. The predicted molar refractivity (Wildman–Crippen MR) is 69.4 cm³/mol. The Morgan fingerprint density at radius 3 is 3.06 bits per heavy atom. The van der Waals surface area contributed by atoms with Crippen molar-refractivity contribution in [2.45, 2.75) is 32.3 Å². The van der Waals surface area contributed by atoms with Crippen LogP contribution >= 0.6 is 11.3 Å². The van der Waals surface area contributed by atoms with E-state index < -0.39 is 0 Å². The number of thiazole rings is 1. The predicted octanol–water partition coefficient (Wildman–Crippen LogP) is 1.22. The summed E-state index contributed by atoms with van der Waals surface area (Å²) in [6.45, 7) is 3.51. The summed E-state index contributed by atoms with van der Waals surface area (Å²) in [5.74, 6) is 0.981. The van der Waals surface area contributed by atoms with Crippen LogP contribution < -0.4 is 0 Å². The summed E-state index contributed by atoms with van der Waals surface area (Å²) in [6, 6.07) is 0. The van der Waals surface area contributed by atoms with Crippen molar-refractivity contribution in [3.8, 4) is 0 Å². The minimum atomic E-state index is -0.200. The SMILES string of the molecule is Cc1nc(CC(=O)N2CC3CCC(O)C3C2)cs1. The van der Waals surface area contributed by atoms with E-state index in [9.17, 15) is 9.90 Å². The van der Waals surface area contributed by atoms with Crippen LogP contribution in [-0.2, 0) is 11.2 Å². The molecule has 2 aliphatic rings. The number of aryl methyl sites for hydroxylation is 1. The number of likely N-dealkylation sites (tertiary alicyclic amines) is 1. The number of aliphatic hydroxyl groups excluding tert-OH is 1. The maximum atomic E-state index is 12.2. The van der Waals surface area contributed by atoms with Gasteiger partial charge in [-0.1, -0.05) is 0 Å². The van der Waals surface area contributed by atoms with Gasteiger partial charge in [-0.15, -0.1) is 11.3 Å². The van der Waals surface area contributed by atoms with Gasteiger partial charge in [0.05, 0.1) is 23.2 Å². The van der Waals surface area contributed by atoms with Gasteiger partial charge >= 0.3 is 0 Å². The average Bonchev–Trinajstić information content (AvgIpc) is 2.98. The zero-order valence-electron chi connectivity index (χ0n) is 10.5. The average molecular weight is 266 g/mol. The molecule has 1 saturated carbocycles. The van der Waals surface area contributed by atoms with Crippen LogP contribution in [0, 0.1) is 18.8 Å². The lowest BCUT2D eigenvalue weighted by Crippen LogP contribution is -2.32. The van der Waals surface area contributed by atoms with E-state index in [4.69, 9.17) is 0 Å².